The van der Waals surface area contributed by atoms with Gasteiger partial charge in [-0.25, -0.2) is 4.79 Å². The molecular weight excluding hydrogens is 268 g/mol. The summed E-state index contributed by atoms with van der Waals surface area (Å²) in [5, 5.41) is 14.1. The van der Waals surface area contributed by atoms with Gasteiger partial charge in [-0.1, -0.05) is 32.4 Å². The van der Waals surface area contributed by atoms with Crippen molar-refractivity contribution in [2.24, 2.45) is 5.92 Å². The number of urea groups is 1. The monoisotopic (exact) mass is 292 g/mol. The first-order valence-corrected chi connectivity index (χ1v) is 7.36. The molecule has 0 radical (unpaired) electrons. The van der Waals surface area contributed by atoms with Crippen LogP contribution in [0.4, 0.5) is 10.5 Å². The van der Waals surface area contributed by atoms with E-state index in [1.165, 1.54) is 5.56 Å². The van der Waals surface area contributed by atoms with Gasteiger partial charge in [0.25, 0.3) is 0 Å². The second-order valence-corrected chi connectivity index (χ2v) is 5.32. The number of hydrogen-bond acceptors (Lipinski definition) is 2. The van der Waals surface area contributed by atoms with Crippen molar-refractivity contribution in [3.05, 3.63) is 29.8 Å². The number of aryl methyl sites for hydroxylation is 1. The normalized spacial score (nSPS) is 11.7. The summed E-state index contributed by atoms with van der Waals surface area (Å²) in [7, 11) is 0. The van der Waals surface area contributed by atoms with E-state index in [4.69, 9.17) is 5.11 Å². The number of benzene rings is 1. The van der Waals surface area contributed by atoms with E-state index in [-0.39, 0.29) is 18.4 Å². The molecule has 116 valence electrons. The Balaban J connectivity index is 2.31. The van der Waals surface area contributed by atoms with Crippen LogP contribution >= 0.6 is 0 Å². The lowest BCUT2D eigenvalue weighted by atomic mass is 10.1. The van der Waals surface area contributed by atoms with Crippen molar-refractivity contribution in [2.45, 2.75) is 39.5 Å². The van der Waals surface area contributed by atoms with E-state index in [2.05, 4.69) is 17.6 Å². The predicted molar refractivity (Wildman–Crippen MR) is 83.5 cm³/mol. The van der Waals surface area contributed by atoms with Crippen molar-refractivity contribution in [1.82, 2.24) is 5.32 Å². The zero-order valence-corrected chi connectivity index (χ0v) is 12.7. The van der Waals surface area contributed by atoms with Crippen LogP contribution in [0.25, 0.3) is 0 Å². The Morgan fingerprint density at radius 1 is 1.24 bits per heavy atom. The fourth-order valence-electron chi connectivity index (χ4n) is 1.96. The molecule has 21 heavy (non-hydrogen) atoms. The van der Waals surface area contributed by atoms with Crippen LogP contribution in [-0.4, -0.2) is 23.7 Å². The third-order valence-corrected chi connectivity index (χ3v) is 3.21. The third-order valence-electron chi connectivity index (χ3n) is 3.21. The van der Waals surface area contributed by atoms with Gasteiger partial charge >= 0.3 is 12.0 Å². The second-order valence-electron chi connectivity index (χ2n) is 5.32. The molecule has 0 aliphatic carbocycles. The molecule has 1 unspecified atom stereocenters. The molecule has 5 heteroatoms. The maximum Gasteiger partial charge on any atom is 0.319 e. The Hall–Kier alpha value is -2.04. The van der Waals surface area contributed by atoms with E-state index in [9.17, 15) is 9.59 Å². The highest BCUT2D eigenvalue weighted by molar-refractivity contribution is 5.89. The van der Waals surface area contributed by atoms with Crippen LogP contribution in [0.2, 0.25) is 0 Å². The second kappa shape index (κ2) is 9.00. The average Bonchev–Trinajstić information content (AvgIpc) is 2.45. The summed E-state index contributed by atoms with van der Waals surface area (Å²) in [6, 6.07) is 7.53. The van der Waals surface area contributed by atoms with E-state index in [1.54, 1.807) is 0 Å². The van der Waals surface area contributed by atoms with Gasteiger partial charge < -0.3 is 15.7 Å². The highest BCUT2D eigenvalue weighted by Crippen LogP contribution is 2.11. The van der Waals surface area contributed by atoms with Gasteiger partial charge in [0.2, 0.25) is 0 Å². The number of nitrogens with one attached hydrogen (secondary N) is 2. The van der Waals surface area contributed by atoms with Crippen LogP contribution in [-0.2, 0) is 11.2 Å². The maximum absolute atomic E-state index is 11.7. The molecular formula is C16H24N2O3. The first-order chi connectivity index (χ1) is 10.0. The summed E-state index contributed by atoms with van der Waals surface area (Å²) in [5.41, 5.74) is 2.01. The van der Waals surface area contributed by atoms with Crippen molar-refractivity contribution in [3.63, 3.8) is 0 Å². The number of carbonyl (C=O) groups is 2. The molecule has 1 atom stereocenters. The zero-order valence-electron chi connectivity index (χ0n) is 12.7. The number of anilines is 1. The summed E-state index contributed by atoms with van der Waals surface area (Å²) >= 11 is 0. The minimum Gasteiger partial charge on any atom is -0.481 e. The number of carbonyl (C=O) groups excluding carboxylic acids is 1. The Labute approximate surface area is 125 Å². The van der Waals surface area contributed by atoms with Gasteiger partial charge in [-0.05, 0) is 36.5 Å². The largest absolute Gasteiger partial charge is 0.481 e. The smallest absolute Gasteiger partial charge is 0.319 e. The summed E-state index contributed by atoms with van der Waals surface area (Å²) in [5.74, 6) is -0.669. The van der Waals surface area contributed by atoms with Crippen LogP contribution < -0.4 is 10.6 Å². The number of hydrogen-bond donors (Lipinski definition) is 3. The third kappa shape index (κ3) is 7.34. The molecule has 1 aromatic rings. The van der Waals surface area contributed by atoms with Crippen molar-refractivity contribution in [2.75, 3.05) is 11.9 Å². The minimum atomic E-state index is -0.807. The van der Waals surface area contributed by atoms with Gasteiger partial charge in [0, 0.05) is 18.7 Å². The standard InChI is InChI=1S/C16H24N2O3/c1-3-4-13-6-8-14(9-7-13)18-16(21)17-11-12(2)5-10-15(19)20/h6-9,12H,3-5,10-11H2,1-2H3,(H,19,20)(H2,17,18,21). The minimum absolute atomic E-state index is 0.128. The molecule has 0 aromatic heterocycles. The summed E-state index contributed by atoms with van der Waals surface area (Å²) in [4.78, 5) is 22.2. The number of carboxylic acid groups (broad SMARTS) is 1. The summed E-state index contributed by atoms with van der Waals surface area (Å²) in [6.07, 6.45) is 2.82. The summed E-state index contributed by atoms with van der Waals surface area (Å²) < 4.78 is 0. The van der Waals surface area contributed by atoms with Crippen LogP contribution in [0.15, 0.2) is 24.3 Å². The number of rotatable bonds is 8. The molecule has 2 amide bonds. The number of amides is 2. The fourth-order valence-corrected chi connectivity index (χ4v) is 1.96. The molecule has 0 fully saturated rings. The highest BCUT2D eigenvalue weighted by Gasteiger charge is 2.07. The van der Waals surface area contributed by atoms with Crippen molar-refractivity contribution in [1.29, 1.82) is 0 Å². The van der Waals surface area contributed by atoms with E-state index in [0.717, 1.165) is 18.5 Å². The molecule has 0 aliphatic heterocycles. The van der Waals surface area contributed by atoms with E-state index < -0.39 is 5.97 Å². The molecule has 1 rings (SSSR count). The SMILES string of the molecule is CCCc1ccc(NC(=O)NCC(C)CCC(=O)O)cc1. The fraction of sp³-hybridized carbons (Fsp3) is 0.500. The van der Waals surface area contributed by atoms with Gasteiger partial charge in [-0.15, -0.1) is 0 Å². The highest BCUT2D eigenvalue weighted by atomic mass is 16.4. The Morgan fingerprint density at radius 2 is 1.90 bits per heavy atom. The molecule has 0 saturated heterocycles. The molecule has 3 N–H and O–H groups in total. The number of carboxylic acids is 1. The van der Waals surface area contributed by atoms with Crippen LogP contribution in [0, 0.1) is 5.92 Å². The molecule has 0 bridgehead atoms. The lowest BCUT2D eigenvalue weighted by molar-refractivity contribution is -0.137. The average molecular weight is 292 g/mol. The lowest BCUT2D eigenvalue weighted by Crippen LogP contribution is -2.32. The van der Waals surface area contributed by atoms with Crippen molar-refractivity contribution < 1.29 is 14.7 Å². The molecule has 1 aromatic carbocycles. The van der Waals surface area contributed by atoms with E-state index in [1.807, 2.05) is 31.2 Å². The van der Waals surface area contributed by atoms with Gasteiger partial charge in [0.15, 0.2) is 0 Å². The quantitative estimate of drug-likeness (QED) is 0.688. The summed E-state index contributed by atoms with van der Waals surface area (Å²) in [6.45, 7) is 4.51. The van der Waals surface area contributed by atoms with Crippen LogP contribution in [0.3, 0.4) is 0 Å². The van der Waals surface area contributed by atoms with Gasteiger partial charge in [0.1, 0.15) is 0 Å². The van der Waals surface area contributed by atoms with Crippen LogP contribution in [0.5, 0.6) is 0 Å². The van der Waals surface area contributed by atoms with Crippen LogP contribution in [0.1, 0.15) is 38.7 Å². The van der Waals surface area contributed by atoms with Crippen molar-refractivity contribution >= 4 is 17.7 Å². The Morgan fingerprint density at radius 3 is 2.48 bits per heavy atom. The van der Waals surface area contributed by atoms with Gasteiger partial charge in [-0.2, -0.15) is 0 Å². The van der Waals surface area contributed by atoms with Crippen molar-refractivity contribution in [3.8, 4) is 0 Å². The lowest BCUT2D eigenvalue weighted by Gasteiger charge is -2.12. The molecule has 0 saturated carbocycles. The Bertz CT molecular complexity index is 457. The molecule has 5 nitrogen and oxygen atoms in total. The van der Waals surface area contributed by atoms with Gasteiger partial charge in [0.05, 0.1) is 0 Å². The molecule has 0 spiro atoms. The maximum atomic E-state index is 11.7. The Kier molecular flexibility index (Phi) is 7.29. The van der Waals surface area contributed by atoms with Gasteiger partial charge in [-0.3, -0.25) is 4.79 Å². The predicted octanol–water partition coefficient (Wildman–Crippen LogP) is 3.26. The first-order valence-electron chi connectivity index (χ1n) is 7.36. The molecule has 0 heterocycles. The first kappa shape index (κ1) is 17.0. The number of aliphatic carboxylic acids is 1. The zero-order chi connectivity index (χ0) is 15.7. The van der Waals surface area contributed by atoms with E-state index in [0.29, 0.717) is 13.0 Å². The van der Waals surface area contributed by atoms with E-state index >= 15 is 0 Å². The topological polar surface area (TPSA) is 78.4 Å². The molecule has 0 aliphatic rings.